The maximum atomic E-state index is 6.55. The van der Waals surface area contributed by atoms with Crippen LogP contribution in [0.1, 0.15) is 0 Å². The average molecular weight is 873 g/mol. The van der Waals surface area contributed by atoms with Gasteiger partial charge in [-0.05, 0) is 50.7 Å². The molecule has 0 unspecified atom stereocenters. The SMILES string of the molecule is [Pt+2].[c-]1c(Oc2[c-]c3c(cc2)c2cccnc2n2c(-c4ccccc4)cnc32)ccc2c1c1nccn1c1cc(-c3ccccc3)c(-c3ccccc3)cc21. The molecule has 0 aliphatic rings. The van der Waals surface area contributed by atoms with Gasteiger partial charge in [-0.2, -0.15) is 0 Å². The molecule has 0 aliphatic heterocycles. The number of ether oxygens (including phenoxy) is 1. The molecule has 0 amide bonds. The van der Waals surface area contributed by atoms with Crippen molar-refractivity contribution in [1.29, 1.82) is 0 Å². The van der Waals surface area contributed by atoms with Crippen molar-refractivity contribution in [3.05, 3.63) is 176 Å². The van der Waals surface area contributed by atoms with Gasteiger partial charge in [-0.25, -0.2) is 4.98 Å². The van der Waals surface area contributed by atoms with Gasteiger partial charge in [-0.15, -0.1) is 12.1 Å². The first-order valence-electron chi connectivity index (χ1n) is 17.5. The predicted octanol–water partition coefficient (Wildman–Crippen LogP) is 11.4. The third-order valence-electron chi connectivity index (χ3n) is 10.1. The molecule has 0 spiro atoms. The number of hydrogen-bond acceptors (Lipinski definition) is 4. The summed E-state index contributed by atoms with van der Waals surface area (Å²) in [4.78, 5) is 14.5. The van der Waals surface area contributed by atoms with Gasteiger partial charge in [0.05, 0.1) is 17.0 Å². The van der Waals surface area contributed by atoms with E-state index in [2.05, 4.69) is 124 Å². The summed E-state index contributed by atoms with van der Waals surface area (Å²) in [6, 6.07) is 55.3. The standard InChI is InChI=1S/C47H27N5O.Pt/c1-4-11-30(12-5-1)38-27-40-36-21-19-33(25-41(36)45-49-23-24-51(45)43(40)28-39(38)31-13-6-2-7-14-31)53-34-18-20-35-37-17-10-22-48-46(37)52-44(32-15-8-3-9-16-32)29-50-47(52)42(35)26-34;/h1-24,27-29H;/q-2;+2. The van der Waals surface area contributed by atoms with Gasteiger partial charge in [0, 0.05) is 41.8 Å². The monoisotopic (exact) mass is 872 g/mol. The molecule has 0 atom stereocenters. The fourth-order valence-electron chi connectivity index (χ4n) is 7.73. The third-order valence-corrected chi connectivity index (χ3v) is 10.1. The first-order chi connectivity index (χ1) is 26.3. The minimum Gasteiger partial charge on any atom is -0.497 e. The zero-order valence-electron chi connectivity index (χ0n) is 28.5. The maximum Gasteiger partial charge on any atom is 2.00 e. The van der Waals surface area contributed by atoms with Crippen molar-refractivity contribution in [2.75, 3.05) is 0 Å². The quantitative estimate of drug-likeness (QED) is 0.128. The molecule has 256 valence electrons. The molecule has 0 fully saturated rings. The van der Waals surface area contributed by atoms with E-state index in [0.717, 1.165) is 77.2 Å². The Kier molecular flexibility index (Phi) is 7.60. The first-order valence-corrected chi connectivity index (χ1v) is 17.5. The molecule has 0 N–H and O–H groups in total. The number of imidazole rings is 2. The smallest absolute Gasteiger partial charge is 0.497 e. The Balaban J connectivity index is 0.00000361. The molecule has 0 bridgehead atoms. The molecule has 6 aromatic carbocycles. The van der Waals surface area contributed by atoms with E-state index in [0.29, 0.717) is 11.5 Å². The molecule has 5 heterocycles. The molecule has 11 rings (SSSR count). The summed E-state index contributed by atoms with van der Waals surface area (Å²) in [5.74, 6) is 1.15. The second kappa shape index (κ2) is 12.8. The van der Waals surface area contributed by atoms with Crippen molar-refractivity contribution in [3.63, 3.8) is 0 Å². The van der Waals surface area contributed by atoms with Crippen molar-refractivity contribution in [2.45, 2.75) is 0 Å². The van der Waals surface area contributed by atoms with Crippen LogP contribution in [0.25, 0.3) is 88.3 Å². The third kappa shape index (κ3) is 5.02. The van der Waals surface area contributed by atoms with Crippen LogP contribution in [0.5, 0.6) is 11.5 Å². The van der Waals surface area contributed by atoms with Crippen LogP contribution in [0.4, 0.5) is 0 Å². The van der Waals surface area contributed by atoms with E-state index >= 15 is 0 Å². The molecule has 5 aromatic heterocycles. The van der Waals surface area contributed by atoms with Gasteiger partial charge in [-0.1, -0.05) is 149 Å². The number of rotatable bonds is 5. The van der Waals surface area contributed by atoms with Gasteiger partial charge >= 0.3 is 21.1 Å². The number of pyridine rings is 3. The first kappa shape index (κ1) is 32.1. The van der Waals surface area contributed by atoms with Gasteiger partial charge in [0.2, 0.25) is 0 Å². The van der Waals surface area contributed by atoms with E-state index in [4.69, 9.17) is 19.7 Å². The number of nitrogens with zero attached hydrogens (tertiary/aromatic N) is 5. The summed E-state index contributed by atoms with van der Waals surface area (Å²) in [6.07, 6.45) is 7.59. The number of benzene rings is 6. The van der Waals surface area contributed by atoms with Crippen LogP contribution in [0.15, 0.2) is 164 Å². The van der Waals surface area contributed by atoms with Gasteiger partial charge in [-0.3, -0.25) is 9.97 Å². The van der Waals surface area contributed by atoms with Gasteiger partial charge < -0.3 is 13.5 Å². The van der Waals surface area contributed by atoms with Crippen LogP contribution in [-0.4, -0.2) is 23.8 Å². The average Bonchev–Trinajstić information content (AvgIpc) is 3.91. The Hall–Kier alpha value is -6.62. The van der Waals surface area contributed by atoms with Crippen LogP contribution in [0, 0.1) is 12.1 Å². The zero-order valence-corrected chi connectivity index (χ0v) is 30.8. The number of fused-ring (bicyclic) bond motifs is 12. The van der Waals surface area contributed by atoms with Crippen LogP contribution in [-0.2, 0) is 21.1 Å². The Morgan fingerprint density at radius 3 is 1.76 bits per heavy atom. The Bertz CT molecular complexity index is 3190. The van der Waals surface area contributed by atoms with Crippen LogP contribution in [0.2, 0.25) is 0 Å². The molecule has 0 saturated heterocycles. The minimum atomic E-state index is 0. The fraction of sp³-hybridized carbons (Fsp3) is 0. The molecule has 0 radical (unpaired) electrons. The molecule has 7 heteroatoms. The zero-order chi connectivity index (χ0) is 34.9. The second-order valence-electron chi connectivity index (χ2n) is 13.1. The van der Waals surface area contributed by atoms with Crippen LogP contribution < -0.4 is 4.74 Å². The van der Waals surface area contributed by atoms with Crippen molar-refractivity contribution >= 4 is 54.8 Å². The van der Waals surface area contributed by atoms with Crippen LogP contribution in [0.3, 0.4) is 0 Å². The Morgan fingerprint density at radius 2 is 1.07 bits per heavy atom. The summed E-state index contributed by atoms with van der Waals surface area (Å²) in [5, 5.41) is 5.93. The van der Waals surface area contributed by atoms with Crippen LogP contribution >= 0.6 is 0 Å². The molecular weight excluding hydrogens is 846 g/mol. The van der Waals surface area contributed by atoms with Gasteiger partial charge in [0.25, 0.3) is 0 Å². The molecule has 6 nitrogen and oxygen atoms in total. The Labute approximate surface area is 324 Å². The van der Waals surface area contributed by atoms with E-state index in [1.165, 1.54) is 11.1 Å². The largest absolute Gasteiger partial charge is 2.00 e. The maximum absolute atomic E-state index is 6.55. The van der Waals surface area contributed by atoms with Crippen molar-refractivity contribution in [1.82, 2.24) is 23.8 Å². The van der Waals surface area contributed by atoms with Crippen molar-refractivity contribution < 1.29 is 25.8 Å². The van der Waals surface area contributed by atoms with Crippen molar-refractivity contribution in [3.8, 4) is 45.0 Å². The summed E-state index contributed by atoms with van der Waals surface area (Å²) in [5.41, 5.74) is 10.2. The fourth-order valence-corrected chi connectivity index (χ4v) is 7.73. The molecule has 54 heavy (non-hydrogen) atoms. The van der Waals surface area contributed by atoms with E-state index in [-0.39, 0.29) is 21.1 Å². The van der Waals surface area contributed by atoms with Gasteiger partial charge in [0.1, 0.15) is 5.65 Å². The second-order valence-corrected chi connectivity index (χ2v) is 13.1. The summed E-state index contributed by atoms with van der Waals surface area (Å²) in [6.45, 7) is 0. The van der Waals surface area contributed by atoms with E-state index < -0.39 is 0 Å². The summed E-state index contributed by atoms with van der Waals surface area (Å²) in [7, 11) is 0. The molecule has 0 saturated carbocycles. The summed E-state index contributed by atoms with van der Waals surface area (Å²) >= 11 is 0. The van der Waals surface area contributed by atoms with Gasteiger partial charge in [0.15, 0.2) is 0 Å². The topological polar surface area (TPSA) is 56.7 Å². The van der Waals surface area contributed by atoms with E-state index in [1.54, 1.807) is 0 Å². The normalized spacial score (nSPS) is 11.6. The van der Waals surface area contributed by atoms with E-state index in [1.807, 2.05) is 61.2 Å². The molecule has 11 aromatic rings. The predicted molar refractivity (Wildman–Crippen MR) is 212 cm³/mol. The Morgan fingerprint density at radius 1 is 0.481 bits per heavy atom. The molecule has 0 aliphatic carbocycles. The number of hydrogen-bond donors (Lipinski definition) is 0. The van der Waals surface area contributed by atoms with E-state index in [9.17, 15) is 0 Å². The number of aromatic nitrogens is 5. The molecular formula is C47H27N5OPt. The minimum absolute atomic E-state index is 0. The summed E-state index contributed by atoms with van der Waals surface area (Å²) < 4.78 is 10.8. The van der Waals surface area contributed by atoms with Crippen molar-refractivity contribution in [2.24, 2.45) is 0 Å².